The Morgan fingerprint density at radius 2 is 2.17 bits per heavy atom. The molecule has 1 aromatic rings. The minimum Gasteiger partial charge on any atom is -0.479 e. The molecule has 100 valence electrons. The standard InChI is InChI=1S/C10H13ClN2O4S/c1-5(7-2-3-8(11)18-7)13-10(17)12-4-6(14)9(15)16/h2-3,5-6,14H,4H2,1H3,(H,15,16)(H2,12,13,17)/t5?,6-/m0/s1. The second-order valence-electron chi connectivity index (χ2n) is 3.57. The van der Waals surface area contributed by atoms with E-state index in [0.29, 0.717) is 4.34 Å². The van der Waals surface area contributed by atoms with Crippen LogP contribution in [0.4, 0.5) is 4.79 Å². The van der Waals surface area contributed by atoms with Crippen LogP contribution in [0.25, 0.3) is 0 Å². The predicted octanol–water partition coefficient (Wildman–Crippen LogP) is 1.21. The summed E-state index contributed by atoms with van der Waals surface area (Å²) in [6.07, 6.45) is -1.61. The van der Waals surface area contributed by atoms with Gasteiger partial charge in [-0.3, -0.25) is 0 Å². The third-order valence-electron chi connectivity index (χ3n) is 2.11. The SMILES string of the molecule is CC(NC(=O)NC[C@H](O)C(=O)O)c1ccc(Cl)s1. The van der Waals surface area contributed by atoms with Crippen molar-refractivity contribution in [1.82, 2.24) is 10.6 Å². The molecule has 2 atom stereocenters. The van der Waals surface area contributed by atoms with E-state index in [2.05, 4.69) is 10.6 Å². The van der Waals surface area contributed by atoms with Crippen molar-refractivity contribution in [3.63, 3.8) is 0 Å². The first kappa shape index (κ1) is 14.7. The zero-order chi connectivity index (χ0) is 13.7. The van der Waals surface area contributed by atoms with Crippen molar-refractivity contribution in [2.24, 2.45) is 0 Å². The summed E-state index contributed by atoms with van der Waals surface area (Å²) in [5.74, 6) is -1.38. The van der Waals surface area contributed by atoms with Gasteiger partial charge in [0.15, 0.2) is 6.10 Å². The van der Waals surface area contributed by atoms with Crippen LogP contribution in [-0.2, 0) is 4.79 Å². The van der Waals surface area contributed by atoms with Crippen LogP contribution >= 0.6 is 22.9 Å². The number of carbonyl (C=O) groups is 2. The van der Waals surface area contributed by atoms with Crippen molar-refractivity contribution < 1.29 is 19.8 Å². The van der Waals surface area contributed by atoms with Crippen LogP contribution in [0.5, 0.6) is 0 Å². The number of halogens is 1. The molecule has 0 aliphatic carbocycles. The van der Waals surface area contributed by atoms with E-state index in [0.717, 1.165) is 4.88 Å². The molecule has 0 saturated heterocycles. The summed E-state index contributed by atoms with van der Waals surface area (Å²) in [7, 11) is 0. The number of carboxylic acids is 1. The molecule has 0 bridgehead atoms. The van der Waals surface area contributed by atoms with Crippen LogP contribution in [-0.4, -0.2) is 34.9 Å². The van der Waals surface area contributed by atoms with Gasteiger partial charge in [0.2, 0.25) is 0 Å². The topological polar surface area (TPSA) is 98.7 Å². The third kappa shape index (κ3) is 4.52. The van der Waals surface area contributed by atoms with E-state index < -0.39 is 18.1 Å². The minimum absolute atomic E-state index is 0.246. The largest absolute Gasteiger partial charge is 0.479 e. The Balaban J connectivity index is 2.38. The van der Waals surface area contributed by atoms with Crippen molar-refractivity contribution >= 4 is 34.9 Å². The molecule has 0 fully saturated rings. The molecule has 8 heteroatoms. The lowest BCUT2D eigenvalue weighted by Gasteiger charge is -2.14. The van der Waals surface area contributed by atoms with Crippen molar-refractivity contribution in [2.45, 2.75) is 19.1 Å². The van der Waals surface area contributed by atoms with Crippen molar-refractivity contribution in [3.05, 3.63) is 21.3 Å². The number of hydrogen-bond acceptors (Lipinski definition) is 4. The molecule has 0 aliphatic rings. The lowest BCUT2D eigenvalue weighted by molar-refractivity contribution is -0.146. The molecule has 4 N–H and O–H groups in total. The molecule has 0 aliphatic heterocycles. The Kier molecular flexibility index (Phi) is 5.39. The summed E-state index contributed by atoms with van der Waals surface area (Å²) in [5.41, 5.74) is 0. The van der Waals surface area contributed by atoms with E-state index in [4.69, 9.17) is 21.8 Å². The molecular weight excluding hydrogens is 280 g/mol. The fourth-order valence-corrected chi connectivity index (χ4v) is 2.22. The van der Waals surface area contributed by atoms with Gasteiger partial charge in [-0.2, -0.15) is 0 Å². The highest BCUT2D eigenvalue weighted by atomic mass is 35.5. The van der Waals surface area contributed by atoms with Gasteiger partial charge in [-0.1, -0.05) is 11.6 Å². The number of aliphatic hydroxyl groups excluding tert-OH is 1. The second-order valence-corrected chi connectivity index (χ2v) is 5.32. The van der Waals surface area contributed by atoms with Gasteiger partial charge >= 0.3 is 12.0 Å². The average Bonchev–Trinajstić information content (AvgIpc) is 2.72. The van der Waals surface area contributed by atoms with Gasteiger partial charge < -0.3 is 20.8 Å². The van der Waals surface area contributed by atoms with Gasteiger partial charge in [0.1, 0.15) is 0 Å². The fraction of sp³-hybridized carbons (Fsp3) is 0.400. The maximum Gasteiger partial charge on any atom is 0.334 e. The second kappa shape index (κ2) is 6.58. The normalized spacial score (nSPS) is 13.7. The molecule has 0 radical (unpaired) electrons. The highest BCUT2D eigenvalue weighted by molar-refractivity contribution is 7.16. The molecule has 0 spiro atoms. The fourth-order valence-electron chi connectivity index (χ4n) is 1.16. The van der Waals surface area contributed by atoms with Crippen LogP contribution in [0.3, 0.4) is 0 Å². The molecule has 1 heterocycles. The Bertz CT molecular complexity index is 437. The van der Waals surface area contributed by atoms with E-state index in [1.807, 2.05) is 0 Å². The summed E-state index contributed by atoms with van der Waals surface area (Å²) >= 11 is 7.12. The lowest BCUT2D eigenvalue weighted by Crippen LogP contribution is -2.42. The quantitative estimate of drug-likeness (QED) is 0.655. The van der Waals surface area contributed by atoms with E-state index in [-0.39, 0.29) is 12.6 Å². The van der Waals surface area contributed by atoms with Crippen LogP contribution in [0.1, 0.15) is 17.8 Å². The molecule has 0 saturated carbocycles. The Morgan fingerprint density at radius 1 is 1.50 bits per heavy atom. The monoisotopic (exact) mass is 292 g/mol. The molecule has 2 amide bonds. The van der Waals surface area contributed by atoms with Crippen molar-refractivity contribution in [2.75, 3.05) is 6.54 Å². The molecular formula is C10H13ClN2O4S. The number of aliphatic carboxylic acids is 1. The number of hydrogen-bond donors (Lipinski definition) is 4. The molecule has 6 nitrogen and oxygen atoms in total. The van der Waals surface area contributed by atoms with E-state index in [9.17, 15) is 9.59 Å². The zero-order valence-electron chi connectivity index (χ0n) is 9.51. The van der Waals surface area contributed by atoms with E-state index in [1.54, 1.807) is 19.1 Å². The summed E-state index contributed by atoms with van der Waals surface area (Å²) in [6.45, 7) is 1.43. The third-order valence-corrected chi connectivity index (χ3v) is 3.52. The summed E-state index contributed by atoms with van der Waals surface area (Å²) in [5, 5.41) is 22.3. The van der Waals surface area contributed by atoms with Crippen molar-refractivity contribution in [3.8, 4) is 0 Å². The smallest absolute Gasteiger partial charge is 0.334 e. The van der Waals surface area contributed by atoms with Gasteiger partial charge in [-0.25, -0.2) is 9.59 Å². The predicted molar refractivity (Wildman–Crippen MR) is 67.9 cm³/mol. The highest BCUT2D eigenvalue weighted by Gasteiger charge is 2.16. The molecule has 1 aromatic heterocycles. The highest BCUT2D eigenvalue weighted by Crippen LogP contribution is 2.26. The number of carboxylic acid groups (broad SMARTS) is 1. The Morgan fingerprint density at radius 3 is 2.67 bits per heavy atom. The first-order chi connectivity index (χ1) is 8.40. The van der Waals surface area contributed by atoms with Crippen LogP contribution in [0.15, 0.2) is 12.1 Å². The maximum absolute atomic E-state index is 11.4. The van der Waals surface area contributed by atoms with Gasteiger partial charge in [0.25, 0.3) is 0 Å². The molecule has 0 aromatic carbocycles. The van der Waals surface area contributed by atoms with Crippen LogP contribution in [0, 0.1) is 0 Å². The zero-order valence-corrected chi connectivity index (χ0v) is 11.1. The maximum atomic E-state index is 11.4. The first-order valence-electron chi connectivity index (χ1n) is 5.10. The lowest BCUT2D eigenvalue weighted by atomic mass is 10.3. The van der Waals surface area contributed by atoms with Gasteiger partial charge in [0.05, 0.1) is 16.9 Å². The number of amides is 2. The number of rotatable bonds is 5. The van der Waals surface area contributed by atoms with Gasteiger partial charge in [-0.05, 0) is 19.1 Å². The van der Waals surface area contributed by atoms with Gasteiger partial charge in [-0.15, -0.1) is 11.3 Å². The number of nitrogens with one attached hydrogen (secondary N) is 2. The number of aliphatic hydroxyl groups is 1. The number of carbonyl (C=O) groups excluding carboxylic acids is 1. The summed E-state index contributed by atoms with van der Waals surface area (Å²) < 4.78 is 0.625. The number of urea groups is 1. The molecule has 1 unspecified atom stereocenters. The Labute approximate surface area is 113 Å². The van der Waals surface area contributed by atoms with Crippen LogP contribution in [0.2, 0.25) is 4.34 Å². The average molecular weight is 293 g/mol. The summed E-state index contributed by atoms with van der Waals surface area (Å²) in [4.78, 5) is 22.6. The first-order valence-corrected chi connectivity index (χ1v) is 6.30. The van der Waals surface area contributed by atoms with E-state index in [1.165, 1.54) is 11.3 Å². The van der Waals surface area contributed by atoms with E-state index >= 15 is 0 Å². The van der Waals surface area contributed by atoms with Gasteiger partial charge in [0, 0.05) is 4.88 Å². The Hall–Kier alpha value is -1.31. The van der Waals surface area contributed by atoms with Crippen molar-refractivity contribution in [1.29, 1.82) is 0 Å². The minimum atomic E-state index is -1.61. The summed E-state index contributed by atoms with van der Waals surface area (Å²) in [6, 6.07) is 2.73. The molecule has 18 heavy (non-hydrogen) atoms. The van der Waals surface area contributed by atoms with Crippen LogP contribution < -0.4 is 10.6 Å². The molecule has 1 rings (SSSR count). The number of thiophene rings is 1.